The summed E-state index contributed by atoms with van der Waals surface area (Å²) in [5, 5.41) is 20.1. The normalized spacial score (nSPS) is 16.7. The van der Waals surface area contributed by atoms with Crippen molar-refractivity contribution in [1.29, 1.82) is 0 Å². The van der Waals surface area contributed by atoms with Crippen LogP contribution in [0.1, 0.15) is 35.2 Å². The molecule has 1 fully saturated rings. The summed E-state index contributed by atoms with van der Waals surface area (Å²) in [6.07, 6.45) is 0. The van der Waals surface area contributed by atoms with E-state index in [9.17, 15) is 14.7 Å². The molecule has 0 bridgehead atoms. The van der Waals surface area contributed by atoms with Gasteiger partial charge in [-0.3, -0.25) is 14.5 Å². The predicted octanol–water partition coefficient (Wildman–Crippen LogP) is 6.16. The molecule has 1 aliphatic heterocycles. The fourth-order valence-corrected chi connectivity index (χ4v) is 6.03. The largest absolute Gasteiger partial charge is 0.507 e. The van der Waals surface area contributed by atoms with Gasteiger partial charge in [-0.1, -0.05) is 95.4 Å². The molecular formula is C29H25N3O4S2. The van der Waals surface area contributed by atoms with Gasteiger partial charge in [-0.2, -0.15) is 0 Å². The van der Waals surface area contributed by atoms with Gasteiger partial charge >= 0.3 is 5.91 Å². The molecule has 1 amide bonds. The summed E-state index contributed by atoms with van der Waals surface area (Å²) in [5.74, 6) is -0.386. The number of ether oxygens (including phenoxy) is 1. The average molecular weight is 544 g/mol. The highest BCUT2D eigenvalue weighted by molar-refractivity contribution is 8.00. The minimum absolute atomic E-state index is 0.0108. The van der Waals surface area contributed by atoms with Gasteiger partial charge in [0.05, 0.1) is 18.2 Å². The summed E-state index contributed by atoms with van der Waals surface area (Å²) in [6.45, 7) is 4.35. The molecule has 0 aliphatic carbocycles. The molecule has 0 radical (unpaired) electrons. The van der Waals surface area contributed by atoms with Crippen LogP contribution >= 0.6 is 23.1 Å². The summed E-state index contributed by atoms with van der Waals surface area (Å²) < 4.78 is 6.24. The lowest BCUT2D eigenvalue weighted by Crippen LogP contribution is -2.29. The number of carbonyl (C=O) groups excluding carboxylic acids is 2. The number of amides is 1. The number of Topliss-reactive ketones (excluding diaryl/α,β-unsaturated/α-hetero) is 1. The van der Waals surface area contributed by atoms with Crippen LogP contribution in [0.15, 0.2) is 88.8 Å². The predicted molar refractivity (Wildman–Crippen MR) is 149 cm³/mol. The SMILES string of the molecule is CCOc1ccc(C2/C(=C(/O)c3ccc(C)cc3)C(=O)C(=O)N2c2nnc(SCc3ccccc3)s2)cc1. The highest BCUT2D eigenvalue weighted by Gasteiger charge is 2.48. The lowest BCUT2D eigenvalue weighted by Gasteiger charge is -2.22. The standard InChI is InChI=1S/C29H25N3O4S2/c1-3-36-22-15-13-20(14-16-22)24-23(25(33)21-11-9-18(2)10-12-21)26(34)27(35)32(24)28-30-31-29(38-28)37-17-19-7-5-4-6-8-19/h4-16,24,33H,3,17H2,1-2H3/b25-23-. The maximum absolute atomic E-state index is 13.4. The number of aliphatic hydroxyl groups excluding tert-OH is 1. The first-order chi connectivity index (χ1) is 18.5. The number of carbonyl (C=O) groups is 2. The van der Waals surface area contributed by atoms with Crippen LogP contribution in [0.3, 0.4) is 0 Å². The van der Waals surface area contributed by atoms with E-state index in [1.807, 2.05) is 56.3 Å². The lowest BCUT2D eigenvalue weighted by molar-refractivity contribution is -0.132. The summed E-state index contributed by atoms with van der Waals surface area (Å²) in [7, 11) is 0. The molecule has 4 aromatic rings. The molecule has 1 aromatic heterocycles. The second-order valence-electron chi connectivity index (χ2n) is 8.66. The van der Waals surface area contributed by atoms with E-state index in [1.165, 1.54) is 28.0 Å². The highest BCUT2D eigenvalue weighted by Crippen LogP contribution is 2.44. The Labute approximate surface area is 228 Å². The van der Waals surface area contributed by atoms with E-state index in [2.05, 4.69) is 10.2 Å². The molecule has 1 unspecified atom stereocenters. The van der Waals surface area contributed by atoms with E-state index >= 15 is 0 Å². The van der Waals surface area contributed by atoms with Crippen molar-refractivity contribution in [2.24, 2.45) is 0 Å². The molecule has 3 aromatic carbocycles. The second-order valence-corrected chi connectivity index (χ2v) is 10.8. The molecule has 9 heteroatoms. The molecule has 1 atom stereocenters. The molecule has 1 N–H and O–H groups in total. The Balaban J connectivity index is 1.54. The van der Waals surface area contributed by atoms with E-state index < -0.39 is 17.7 Å². The third-order valence-electron chi connectivity index (χ3n) is 6.08. The van der Waals surface area contributed by atoms with Crippen molar-refractivity contribution in [1.82, 2.24) is 10.2 Å². The minimum Gasteiger partial charge on any atom is -0.507 e. The van der Waals surface area contributed by atoms with Gasteiger partial charge < -0.3 is 9.84 Å². The highest BCUT2D eigenvalue weighted by atomic mass is 32.2. The Morgan fingerprint density at radius 3 is 2.39 bits per heavy atom. The van der Waals surface area contributed by atoms with Gasteiger partial charge in [0.2, 0.25) is 5.13 Å². The molecule has 1 aliphatic rings. The first kappa shape index (κ1) is 25.7. The van der Waals surface area contributed by atoms with Gasteiger partial charge in [-0.25, -0.2) is 0 Å². The summed E-state index contributed by atoms with van der Waals surface area (Å²) in [6, 6.07) is 23.4. The first-order valence-corrected chi connectivity index (χ1v) is 13.9. The molecule has 0 spiro atoms. The molecule has 1 saturated heterocycles. The number of nitrogens with zero attached hydrogens (tertiary/aromatic N) is 3. The van der Waals surface area contributed by atoms with Crippen molar-refractivity contribution in [3.8, 4) is 5.75 Å². The van der Waals surface area contributed by atoms with E-state index in [0.717, 1.165) is 11.1 Å². The minimum atomic E-state index is -0.869. The fraction of sp³-hybridized carbons (Fsp3) is 0.172. The van der Waals surface area contributed by atoms with Crippen LogP contribution in [-0.2, 0) is 15.3 Å². The molecule has 38 heavy (non-hydrogen) atoms. The smallest absolute Gasteiger partial charge is 0.301 e. The van der Waals surface area contributed by atoms with E-state index in [0.29, 0.717) is 38.7 Å². The van der Waals surface area contributed by atoms with Crippen LogP contribution < -0.4 is 9.64 Å². The van der Waals surface area contributed by atoms with Gasteiger partial charge in [-0.15, -0.1) is 10.2 Å². The number of aryl methyl sites for hydroxylation is 1. The summed E-state index contributed by atoms with van der Waals surface area (Å²) in [5.41, 5.74) is 3.27. The quantitative estimate of drug-likeness (QED) is 0.0935. The van der Waals surface area contributed by atoms with Crippen molar-refractivity contribution in [3.63, 3.8) is 0 Å². The van der Waals surface area contributed by atoms with Crippen LogP contribution in [-0.4, -0.2) is 33.6 Å². The van der Waals surface area contributed by atoms with Crippen molar-refractivity contribution >= 4 is 45.7 Å². The number of hydrogen-bond donors (Lipinski definition) is 1. The number of aliphatic hydroxyl groups is 1. The Hall–Kier alpha value is -3.95. The number of thioether (sulfide) groups is 1. The molecular weight excluding hydrogens is 518 g/mol. The Morgan fingerprint density at radius 2 is 1.71 bits per heavy atom. The molecule has 7 nitrogen and oxygen atoms in total. The summed E-state index contributed by atoms with van der Waals surface area (Å²) >= 11 is 2.75. The van der Waals surface area contributed by atoms with Crippen molar-refractivity contribution < 1.29 is 19.4 Å². The Kier molecular flexibility index (Phi) is 7.57. The third kappa shape index (κ3) is 5.20. The number of aromatic nitrogens is 2. The number of benzene rings is 3. The maximum atomic E-state index is 13.4. The zero-order valence-electron chi connectivity index (χ0n) is 20.8. The molecule has 2 heterocycles. The van der Waals surface area contributed by atoms with Gasteiger partial charge in [0, 0.05) is 11.3 Å². The zero-order valence-corrected chi connectivity index (χ0v) is 22.5. The van der Waals surface area contributed by atoms with Crippen molar-refractivity contribution in [2.75, 3.05) is 11.5 Å². The van der Waals surface area contributed by atoms with E-state index in [1.54, 1.807) is 36.4 Å². The van der Waals surface area contributed by atoms with Crippen molar-refractivity contribution in [2.45, 2.75) is 30.0 Å². The number of rotatable bonds is 8. The second kappa shape index (κ2) is 11.2. The lowest BCUT2D eigenvalue weighted by atomic mass is 9.95. The van der Waals surface area contributed by atoms with Crippen LogP contribution in [0.4, 0.5) is 5.13 Å². The Bertz CT molecular complexity index is 1480. The number of hydrogen-bond acceptors (Lipinski definition) is 8. The van der Waals surface area contributed by atoms with Crippen LogP contribution in [0.25, 0.3) is 5.76 Å². The van der Waals surface area contributed by atoms with E-state index in [4.69, 9.17) is 4.74 Å². The molecule has 5 rings (SSSR count). The van der Waals surface area contributed by atoms with Crippen LogP contribution in [0.5, 0.6) is 5.75 Å². The molecule has 192 valence electrons. The maximum Gasteiger partial charge on any atom is 0.301 e. The van der Waals surface area contributed by atoms with Gasteiger partial charge in [-0.05, 0) is 37.1 Å². The van der Waals surface area contributed by atoms with Gasteiger partial charge in [0.25, 0.3) is 5.78 Å². The monoisotopic (exact) mass is 543 g/mol. The molecule has 0 saturated carbocycles. The number of ketones is 1. The Morgan fingerprint density at radius 1 is 1.00 bits per heavy atom. The van der Waals surface area contributed by atoms with Gasteiger partial charge in [0.15, 0.2) is 4.34 Å². The average Bonchev–Trinajstić information content (AvgIpc) is 3.51. The fourth-order valence-electron chi connectivity index (χ4n) is 4.20. The third-order valence-corrected chi connectivity index (χ3v) is 8.21. The van der Waals surface area contributed by atoms with Gasteiger partial charge in [0.1, 0.15) is 11.5 Å². The van der Waals surface area contributed by atoms with Crippen LogP contribution in [0.2, 0.25) is 0 Å². The van der Waals surface area contributed by atoms with E-state index in [-0.39, 0.29) is 11.3 Å². The number of anilines is 1. The topological polar surface area (TPSA) is 92.6 Å². The first-order valence-electron chi connectivity index (χ1n) is 12.1. The summed E-state index contributed by atoms with van der Waals surface area (Å²) in [4.78, 5) is 28.1. The van der Waals surface area contributed by atoms with Crippen LogP contribution in [0, 0.1) is 6.92 Å². The zero-order chi connectivity index (χ0) is 26.6. The van der Waals surface area contributed by atoms with Crippen molar-refractivity contribution in [3.05, 3.63) is 107 Å².